The van der Waals surface area contributed by atoms with Gasteiger partial charge in [-0.25, -0.2) is 4.68 Å². The van der Waals surface area contributed by atoms with E-state index in [0.717, 1.165) is 5.69 Å². The summed E-state index contributed by atoms with van der Waals surface area (Å²) < 4.78 is 0.685. The van der Waals surface area contributed by atoms with E-state index in [2.05, 4.69) is 0 Å². The van der Waals surface area contributed by atoms with Gasteiger partial charge in [0.2, 0.25) is 0 Å². The first-order valence-electron chi connectivity index (χ1n) is 6.60. The Morgan fingerprint density at radius 2 is 1.87 bits per heavy atom. The summed E-state index contributed by atoms with van der Waals surface area (Å²) in [5.41, 5.74) is 12.9. The van der Waals surface area contributed by atoms with Gasteiger partial charge >= 0.3 is 0 Å². The molecule has 0 aliphatic heterocycles. The summed E-state index contributed by atoms with van der Waals surface area (Å²) in [6, 6.07) is 9.11. The lowest BCUT2D eigenvalue weighted by molar-refractivity contribution is 0.944. The molecule has 0 amide bonds. The average Bonchev–Trinajstić information content (AvgIpc) is 2.52. The molecular formula is C15H16N6OS. The van der Waals surface area contributed by atoms with E-state index in [0.29, 0.717) is 15.8 Å². The van der Waals surface area contributed by atoms with Crippen LogP contribution in [0.4, 0.5) is 11.5 Å². The molecule has 6 N–H and O–H groups in total. The Hall–Kier alpha value is -3.05. The first kappa shape index (κ1) is 16.3. The second-order valence-corrected chi connectivity index (χ2v) is 5.54. The molecule has 0 saturated heterocycles. The molecule has 23 heavy (non-hydrogen) atoms. The highest BCUT2D eigenvalue weighted by Crippen LogP contribution is 2.30. The van der Waals surface area contributed by atoms with Gasteiger partial charge in [0.25, 0.3) is 5.56 Å². The van der Waals surface area contributed by atoms with Gasteiger partial charge in [0.05, 0.1) is 5.56 Å². The standard InChI is InChI=1S/C15H16N6OS/c1-20(2)9-5-3-8(4-6-9)11-10(7-16)15(22)21(19)13(17)12(11)14(18)23/h3-6H,17,19H2,1-2H3,(H2,18,23). The third kappa shape index (κ3) is 2.69. The Labute approximate surface area is 138 Å². The minimum absolute atomic E-state index is 0.0371. The van der Waals surface area contributed by atoms with Gasteiger partial charge in [-0.1, -0.05) is 24.4 Å². The molecule has 0 atom stereocenters. The third-order valence-corrected chi connectivity index (χ3v) is 3.68. The third-order valence-electron chi connectivity index (χ3n) is 3.48. The lowest BCUT2D eigenvalue weighted by Gasteiger charge is -2.17. The van der Waals surface area contributed by atoms with Crippen molar-refractivity contribution in [1.29, 1.82) is 5.26 Å². The normalized spacial score (nSPS) is 10.1. The summed E-state index contributed by atoms with van der Waals surface area (Å²) in [7, 11) is 3.81. The first-order chi connectivity index (χ1) is 10.8. The predicted molar refractivity (Wildman–Crippen MR) is 95.6 cm³/mol. The van der Waals surface area contributed by atoms with Crippen molar-refractivity contribution in [3.63, 3.8) is 0 Å². The van der Waals surface area contributed by atoms with Crippen LogP contribution in [0.25, 0.3) is 11.1 Å². The minimum atomic E-state index is -0.698. The van der Waals surface area contributed by atoms with Gasteiger partial charge in [-0.05, 0) is 17.7 Å². The van der Waals surface area contributed by atoms with Crippen LogP contribution in [0.2, 0.25) is 0 Å². The molecule has 7 nitrogen and oxygen atoms in total. The molecule has 1 aromatic carbocycles. The summed E-state index contributed by atoms with van der Waals surface area (Å²) in [4.78, 5) is 14.1. The highest BCUT2D eigenvalue weighted by atomic mass is 32.1. The molecule has 118 valence electrons. The number of rotatable bonds is 3. The van der Waals surface area contributed by atoms with E-state index >= 15 is 0 Å². The Morgan fingerprint density at radius 1 is 1.30 bits per heavy atom. The summed E-state index contributed by atoms with van der Waals surface area (Å²) in [6.07, 6.45) is 0. The van der Waals surface area contributed by atoms with Crippen LogP contribution in [0.1, 0.15) is 11.1 Å². The van der Waals surface area contributed by atoms with Crippen molar-refractivity contribution in [1.82, 2.24) is 4.68 Å². The fourth-order valence-corrected chi connectivity index (χ4v) is 2.49. The number of nitrogens with two attached hydrogens (primary N) is 3. The van der Waals surface area contributed by atoms with Crippen LogP contribution < -0.4 is 27.8 Å². The molecule has 1 aromatic heterocycles. The molecule has 1 heterocycles. The van der Waals surface area contributed by atoms with Crippen molar-refractivity contribution >= 4 is 28.7 Å². The Bertz CT molecular complexity index is 877. The van der Waals surface area contributed by atoms with Gasteiger partial charge in [-0.3, -0.25) is 4.79 Å². The first-order valence-corrected chi connectivity index (χ1v) is 7.01. The maximum atomic E-state index is 12.2. The molecule has 0 fully saturated rings. The van der Waals surface area contributed by atoms with Gasteiger partial charge in [0.1, 0.15) is 22.4 Å². The topological polar surface area (TPSA) is 127 Å². The van der Waals surface area contributed by atoms with Crippen molar-refractivity contribution in [2.45, 2.75) is 0 Å². The quantitative estimate of drug-likeness (QED) is 0.549. The number of anilines is 2. The smallest absolute Gasteiger partial charge is 0.289 e. The summed E-state index contributed by atoms with van der Waals surface area (Å²) >= 11 is 5.02. The fourth-order valence-electron chi connectivity index (χ4n) is 2.28. The maximum absolute atomic E-state index is 12.2. The van der Waals surface area contributed by atoms with Crippen molar-refractivity contribution < 1.29 is 0 Å². The molecule has 0 bridgehead atoms. The largest absolute Gasteiger partial charge is 0.389 e. The number of thiocarbonyl (C=S) groups is 1. The highest BCUT2D eigenvalue weighted by Gasteiger charge is 2.22. The number of nitriles is 1. The Kier molecular flexibility index (Phi) is 4.24. The minimum Gasteiger partial charge on any atom is -0.389 e. The SMILES string of the molecule is CN(C)c1ccc(-c2c(C(N)=S)c(N)n(N)c(=O)c2C#N)cc1. The van der Waals surface area contributed by atoms with Crippen LogP contribution in [0, 0.1) is 11.3 Å². The van der Waals surface area contributed by atoms with Crippen LogP contribution in [-0.2, 0) is 0 Å². The molecule has 0 radical (unpaired) electrons. The van der Waals surface area contributed by atoms with Crippen molar-refractivity contribution in [3.05, 3.63) is 45.7 Å². The number of hydrogen-bond donors (Lipinski definition) is 3. The molecule has 0 aliphatic rings. The van der Waals surface area contributed by atoms with E-state index in [1.165, 1.54) is 0 Å². The fraction of sp³-hybridized carbons (Fsp3) is 0.133. The van der Waals surface area contributed by atoms with E-state index < -0.39 is 5.56 Å². The van der Waals surface area contributed by atoms with Gasteiger partial charge in [-0.2, -0.15) is 5.26 Å². The van der Waals surface area contributed by atoms with E-state index in [1.54, 1.807) is 12.1 Å². The van der Waals surface area contributed by atoms with Gasteiger partial charge < -0.3 is 22.2 Å². The van der Waals surface area contributed by atoms with Gasteiger partial charge in [-0.15, -0.1) is 0 Å². The number of nitrogens with zero attached hydrogens (tertiary/aromatic N) is 3. The Balaban J connectivity index is 2.87. The lowest BCUT2D eigenvalue weighted by atomic mass is 9.95. The maximum Gasteiger partial charge on any atom is 0.289 e. The lowest BCUT2D eigenvalue weighted by Crippen LogP contribution is -2.35. The molecule has 8 heteroatoms. The molecule has 0 saturated carbocycles. The van der Waals surface area contributed by atoms with Crippen LogP contribution in [-0.4, -0.2) is 23.8 Å². The molecule has 2 aromatic rings. The van der Waals surface area contributed by atoms with Crippen LogP contribution in [0.3, 0.4) is 0 Å². The van der Waals surface area contributed by atoms with E-state index in [4.69, 9.17) is 29.5 Å². The summed E-state index contributed by atoms with van der Waals surface area (Å²) in [5, 5.41) is 9.37. The number of aromatic nitrogens is 1. The predicted octanol–water partition coefficient (Wildman–Crippen LogP) is 0.383. The Morgan fingerprint density at radius 3 is 2.30 bits per heavy atom. The zero-order chi connectivity index (χ0) is 17.3. The van der Waals surface area contributed by atoms with Crippen LogP contribution in [0.5, 0.6) is 0 Å². The second kappa shape index (κ2) is 5.98. The van der Waals surface area contributed by atoms with Crippen molar-refractivity contribution in [2.75, 3.05) is 30.6 Å². The van der Waals surface area contributed by atoms with Crippen molar-refractivity contribution in [2.24, 2.45) is 5.73 Å². The number of pyridine rings is 1. The van der Waals surface area contributed by atoms with E-state index in [-0.39, 0.29) is 21.9 Å². The number of benzene rings is 1. The zero-order valence-corrected chi connectivity index (χ0v) is 13.5. The molecular weight excluding hydrogens is 312 g/mol. The summed E-state index contributed by atoms with van der Waals surface area (Å²) in [5.74, 6) is 5.54. The van der Waals surface area contributed by atoms with Crippen LogP contribution in [0.15, 0.2) is 29.1 Å². The average molecular weight is 328 g/mol. The molecule has 0 unspecified atom stereocenters. The second-order valence-electron chi connectivity index (χ2n) is 5.10. The number of nitrogen functional groups attached to an aromatic ring is 2. The van der Waals surface area contributed by atoms with Crippen LogP contribution >= 0.6 is 12.2 Å². The molecule has 2 rings (SSSR count). The molecule has 0 spiro atoms. The van der Waals surface area contributed by atoms with E-state index in [1.807, 2.05) is 37.2 Å². The zero-order valence-electron chi connectivity index (χ0n) is 12.7. The molecule has 0 aliphatic carbocycles. The monoisotopic (exact) mass is 328 g/mol. The summed E-state index contributed by atoms with van der Waals surface area (Å²) in [6.45, 7) is 0. The van der Waals surface area contributed by atoms with Gasteiger partial charge in [0, 0.05) is 25.3 Å². The highest BCUT2D eigenvalue weighted by molar-refractivity contribution is 7.80. The number of hydrogen-bond acceptors (Lipinski definition) is 6. The van der Waals surface area contributed by atoms with E-state index in [9.17, 15) is 10.1 Å². The van der Waals surface area contributed by atoms with Crippen molar-refractivity contribution in [3.8, 4) is 17.2 Å². The van der Waals surface area contributed by atoms with Gasteiger partial charge in [0.15, 0.2) is 0 Å².